The van der Waals surface area contributed by atoms with Gasteiger partial charge in [0.15, 0.2) is 0 Å². The van der Waals surface area contributed by atoms with E-state index in [9.17, 15) is 15.2 Å². The second-order valence-electron chi connectivity index (χ2n) is 4.09. The Kier molecular flexibility index (Phi) is 4.35. The highest BCUT2D eigenvalue weighted by molar-refractivity contribution is 9.10. The molecule has 0 saturated carbocycles. The summed E-state index contributed by atoms with van der Waals surface area (Å²) in [7, 11) is 0. The first-order chi connectivity index (χ1) is 7.70. The van der Waals surface area contributed by atoms with Crippen LogP contribution >= 0.6 is 27.5 Å². The van der Waals surface area contributed by atoms with E-state index in [1.54, 1.807) is 13.8 Å². The topological polar surface area (TPSA) is 72.6 Å². The van der Waals surface area contributed by atoms with Crippen LogP contribution in [-0.4, -0.2) is 22.2 Å². The molecule has 0 amide bonds. The molecule has 0 aliphatic heterocycles. The lowest BCUT2D eigenvalue weighted by atomic mass is 10.2. The van der Waals surface area contributed by atoms with Crippen molar-refractivity contribution >= 4 is 33.2 Å². The number of nitro groups is 1. The molecule has 0 aliphatic carbocycles. The van der Waals surface area contributed by atoms with Gasteiger partial charge in [0.2, 0.25) is 5.75 Å². The molecule has 0 fully saturated rings. The molecule has 0 saturated heterocycles. The van der Waals surface area contributed by atoms with E-state index in [-0.39, 0.29) is 23.1 Å². The van der Waals surface area contributed by atoms with Crippen molar-refractivity contribution in [2.45, 2.75) is 19.4 Å². The van der Waals surface area contributed by atoms with E-state index < -0.39 is 10.5 Å². The predicted molar refractivity (Wildman–Crippen MR) is 67.6 cm³/mol. The third-order valence-corrected chi connectivity index (χ3v) is 2.56. The largest absolute Gasteiger partial charge is 0.483 e. The van der Waals surface area contributed by atoms with Crippen LogP contribution in [0.15, 0.2) is 16.6 Å². The van der Waals surface area contributed by atoms with E-state index in [1.165, 1.54) is 12.1 Å². The molecule has 0 radical (unpaired) electrons. The summed E-state index contributed by atoms with van der Waals surface area (Å²) in [4.78, 5) is 10.2. The number of benzene rings is 1. The molecular weight excluding hydrogens is 313 g/mol. The van der Waals surface area contributed by atoms with Gasteiger partial charge in [0.05, 0.1) is 15.0 Å². The van der Waals surface area contributed by atoms with Gasteiger partial charge in [0, 0.05) is 11.1 Å². The quantitative estimate of drug-likeness (QED) is 0.682. The summed E-state index contributed by atoms with van der Waals surface area (Å²) in [5.41, 5.74) is -1.32. The molecule has 0 unspecified atom stereocenters. The van der Waals surface area contributed by atoms with Gasteiger partial charge in [-0.1, -0.05) is 11.6 Å². The van der Waals surface area contributed by atoms with Crippen molar-refractivity contribution < 1.29 is 14.8 Å². The third-order valence-electron chi connectivity index (χ3n) is 1.76. The summed E-state index contributed by atoms with van der Waals surface area (Å²) < 4.78 is 5.63. The van der Waals surface area contributed by atoms with Gasteiger partial charge in [-0.2, -0.15) is 0 Å². The predicted octanol–water partition coefficient (Wildman–Crippen LogP) is 3.16. The van der Waals surface area contributed by atoms with Gasteiger partial charge in [-0.15, -0.1) is 0 Å². The fourth-order valence-electron chi connectivity index (χ4n) is 1.07. The Labute approximate surface area is 112 Å². The van der Waals surface area contributed by atoms with Crippen LogP contribution in [0.1, 0.15) is 13.8 Å². The van der Waals surface area contributed by atoms with E-state index in [2.05, 4.69) is 15.9 Å². The number of hydrogen-bond acceptors (Lipinski definition) is 4. The number of rotatable bonds is 4. The first-order valence-electron chi connectivity index (χ1n) is 4.69. The number of nitro benzene ring substituents is 1. The lowest BCUT2D eigenvalue weighted by Crippen LogP contribution is -2.28. The average Bonchev–Trinajstić information content (AvgIpc) is 2.13. The summed E-state index contributed by atoms with van der Waals surface area (Å²) in [6.07, 6.45) is 0. The second kappa shape index (κ2) is 5.20. The third kappa shape index (κ3) is 4.14. The number of hydrogen-bond donors (Lipinski definition) is 1. The average molecular weight is 325 g/mol. The standard InChI is InChI=1S/C10H11BrClNO4/c1-10(2,14)5-17-9-7(11)3-6(12)4-8(9)13(15)16/h3-4,14H,5H2,1-2H3. The fourth-order valence-corrected chi connectivity index (χ4v) is 1.98. The van der Waals surface area contributed by atoms with Gasteiger partial charge in [0.25, 0.3) is 0 Å². The van der Waals surface area contributed by atoms with Crippen LogP contribution in [0.25, 0.3) is 0 Å². The van der Waals surface area contributed by atoms with Gasteiger partial charge >= 0.3 is 5.69 Å². The number of aliphatic hydroxyl groups is 1. The minimum Gasteiger partial charge on any atom is -0.483 e. The van der Waals surface area contributed by atoms with Crippen molar-refractivity contribution in [2.24, 2.45) is 0 Å². The fraction of sp³-hybridized carbons (Fsp3) is 0.400. The molecule has 0 heterocycles. The SMILES string of the molecule is CC(C)(O)COc1c(Br)cc(Cl)cc1[N+](=O)[O-]. The van der Waals surface area contributed by atoms with E-state index in [4.69, 9.17) is 16.3 Å². The van der Waals surface area contributed by atoms with Crippen LogP contribution in [0.5, 0.6) is 5.75 Å². The van der Waals surface area contributed by atoms with Crippen LogP contribution in [0.2, 0.25) is 5.02 Å². The Bertz CT molecular complexity index is 445. The molecule has 1 aromatic rings. The molecule has 1 aromatic carbocycles. The molecule has 17 heavy (non-hydrogen) atoms. The molecule has 0 spiro atoms. The molecular formula is C10H11BrClNO4. The molecule has 0 aliphatic rings. The lowest BCUT2D eigenvalue weighted by Gasteiger charge is -2.18. The molecule has 94 valence electrons. The Morgan fingerprint density at radius 1 is 1.59 bits per heavy atom. The summed E-state index contributed by atoms with van der Waals surface area (Å²) in [6, 6.07) is 2.69. The highest BCUT2D eigenvalue weighted by Crippen LogP contribution is 2.38. The van der Waals surface area contributed by atoms with Crippen LogP contribution in [0.3, 0.4) is 0 Å². The maximum Gasteiger partial charge on any atom is 0.313 e. The van der Waals surface area contributed by atoms with Crippen molar-refractivity contribution in [1.82, 2.24) is 0 Å². The number of nitrogens with zero attached hydrogens (tertiary/aromatic N) is 1. The Hall–Kier alpha value is -0.850. The maximum absolute atomic E-state index is 10.8. The van der Waals surface area contributed by atoms with Gasteiger partial charge in [0.1, 0.15) is 6.61 Å². The zero-order valence-corrected chi connectivity index (χ0v) is 11.6. The van der Waals surface area contributed by atoms with Crippen LogP contribution in [0, 0.1) is 10.1 Å². The van der Waals surface area contributed by atoms with E-state index >= 15 is 0 Å². The zero-order chi connectivity index (χ0) is 13.2. The van der Waals surface area contributed by atoms with E-state index in [1.807, 2.05) is 0 Å². The first kappa shape index (κ1) is 14.2. The van der Waals surface area contributed by atoms with Crippen molar-refractivity contribution in [3.8, 4) is 5.75 Å². The van der Waals surface area contributed by atoms with Crippen molar-refractivity contribution in [3.63, 3.8) is 0 Å². The molecule has 0 aromatic heterocycles. The highest BCUT2D eigenvalue weighted by Gasteiger charge is 2.22. The van der Waals surface area contributed by atoms with Gasteiger partial charge < -0.3 is 9.84 Å². The molecule has 5 nitrogen and oxygen atoms in total. The van der Waals surface area contributed by atoms with Gasteiger partial charge in [-0.25, -0.2) is 0 Å². The normalized spacial score (nSPS) is 11.4. The smallest absolute Gasteiger partial charge is 0.313 e. The van der Waals surface area contributed by atoms with E-state index in [0.717, 1.165) is 0 Å². The second-order valence-corrected chi connectivity index (χ2v) is 5.38. The first-order valence-corrected chi connectivity index (χ1v) is 5.86. The molecule has 0 bridgehead atoms. The van der Waals surface area contributed by atoms with Crippen LogP contribution in [0.4, 0.5) is 5.69 Å². The summed E-state index contributed by atoms with van der Waals surface area (Å²) >= 11 is 8.86. The molecule has 1 N–H and O–H groups in total. The molecule has 0 atom stereocenters. The number of halogens is 2. The number of ether oxygens (including phenoxy) is 1. The summed E-state index contributed by atoms with van der Waals surface area (Å²) in [5.74, 6) is 0.0570. The Morgan fingerprint density at radius 2 is 2.18 bits per heavy atom. The molecule has 7 heteroatoms. The minimum absolute atomic E-state index is 0.0570. The Morgan fingerprint density at radius 3 is 2.65 bits per heavy atom. The molecule has 1 rings (SSSR count). The minimum atomic E-state index is -1.08. The van der Waals surface area contributed by atoms with Crippen LogP contribution in [-0.2, 0) is 0 Å². The van der Waals surface area contributed by atoms with Crippen molar-refractivity contribution in [2.75, 3.05) is 6.61 Å². The summed E-state index contributed by atoms with van der Waals surface area (Å²) in [5, 5.41) is 20.6. The van der Waals surface area contributed by atoms with Gasteiger partial charge in [-0.05, 0) is 35.8 Å². The zero-order valence-electron chi connectivity index (χ0n) is 9.24. The van der Waals surface area contributed by atoms with Crippen molar-refractivity contribution in [3.05, 3.63) is 31.7 Å². The van der Waals surface area contributed by atoms with E-state index in [0.29, 0.717) is 4.47 Å². The lowest BCUT2D eigenvalue weighted by molar-refractivity contribution is -0.386. The van der Waals surface area contributed by atoms with Crippen LogP contribution < -0.4 is 4.74 Å². The Balaban J connectivity index is 3.09. The van der Waals surface area contributed by atoms with Gasteiger partial charge in [-0.3, -0.25) is 10.1 Å². The summed E-state index contributed by atoms with van der Waals surface area (Å²) in [6.45, 7) is 3.03. The highest BCUT2D eigenvalue weighted by atomic mass is 79.9. The monoisotopic (exact) mass is 323 g/mol. The maximum atomic E-state index is 10.8. The van der Waals surface area contributed by atoms with Crippen molar-refractivity contribution in [1.29, 1.82) is 0 Å².